The first-order valence-electron chi connectivity index (χ1n) is 6.34. The molecule has 1 amide bonds. The Hall–Kier alpha value is -0.820. The second-order valence-electron chi connectivity index (χ2n) is 5.20. The number of hydrogen-bond donors (Lipinski definition) is 1. The van der Waals surface area contributed by atoms with E-state index in [9.17, 15) is 13.2 Å². The summed E-state index contributed by atoms with van der Waals surface area (Å²) in [6, 6.07) is 5.28. The molecule has 0 bridgehead atoms. The molecule has 1 aliphatic carbocycles. The molecular weight excluding hydrogens is 335 g/mol. The molecule has 2 rings (SSSR count). The van der Waals surface area contributed by atoms with Crippen molar-refractivity contribution in [1.82, 2.24) is 9.62 Å². The van der Waals surface area contributed by atoms with Crippen LogP contribution in [-0.4, -0.2) is 44.5 Å². The van der Waals surface area contributed by atoms with Crippen LogP contribution in [0.15, 0.2) is 18.2 Å². The summed E-state index contributed by atoms with van der Waals surface area (Å²) in [6.07, 6.45) is 1.85. The lowest BCUT2D eigenvalue weighted by Gasteiger charge is -2.13. The average molecular weight is 351 g/mol. The molecule has 8 heteroatoms. The van der Waals surface area contributed by atoms with Gasteiger partial charge in [-0.05, 0) is 24.1 Å². The standard InChI is InChI=1S/C13H16Cl2N2O3S/c1-17(21(2,19)20)7-13(18)16-12-6-10(12)9-4-3-8(14)5-11(9)15/h3-5,10,12H,6-7H2,1-2H3,(H,16,18)/t10-,12+/m0/s1. The van der Waals surface area contributed by atoms with Crippen LogP contribution < -0.4 is 5.32 Å². The van der Waals surface area contributed by atoms with Crippen LogP contribution >= 0.6 is 23.2 Å². The molecule has 0 spiro atoms. The molecule has 0 aliphatic heterocycles. The van der Waals surface area contributed by atoms with Crippen molar-refractivity contribution in [2.45, 2.75) is 18.4 Å². The van der Waals surface area contributed by atoms with E-state index in [1.54, 1.807) is 12.1 Å². The first-order valence-corrected chi connectivity index (χ1v) is 8.94. The number of nitrogens with zero attached hydrogens (tertiary/aromatic N) is 1. The van der Waals surface area contributed by atoms with E-state index in [2.05, 4.69) is 5.32 Å². The largest absolute Gasteiger partial charge is 0.352 e. The highest BCUT2D eigenvalue weighted by molar-refractivity contribution is 7.88. The molecule has 1 aromatic carbocycles. The van der Waals surface area contributed by atoms with Gasteiger partial charge >= 0.3 is 0 Å². The Bertz CT molecular complexity index is 663. The Balaban J connectivity index is 1.91. The van der Waals surface area contributed by atoms with Gasteiger partial charge in [0.25, 0.3) is 0 Å². The molecule has 0 aromatic heterocycles. The average Bonchev–Trinajstić information content (AvgIpc) is 3.06. The van der Waals surface area contributed by atoms with Crippen LogP contribution in [0.4, 0.5) is 0 Å². The van der Waals surface area contributed by atoms with Crippen LogP contribution in [0, 0.1) is 0 Å². The fourth-order valence-corrected chi connectivity index (χ4v) is 2.97. The van der Waals surface area contributed by atoms with Crippen molar-refractivity contribution in [3.63, 3.8) is 0 Å². The van der Waals surface area contributed by atoms with E-state index in [-0.39, 0.29) is 24.4 Å². The van der Waals surface area contributed by atoms with E-state index < -0.39 is 10.0 Å². The summed E-state index contributed by atoms with van der Waals surface area (Å²) in [5.74, 6) is -0.164. The highest BCUT2D eigenvalue weighted by atomic mass is 35.5. The normalized spacial score (nSPS) is 21.4. The maximum atomic E-state index is 11.8. The van der Waals surface area contributed by atoms with E-state index in [0.717, 1.165) is 22.5 Å². The SMILES string of the molecule is CN(CC(=O)N[C@@H]1C[C@H]1c1ccc(Cl)cc1Cl)S(C)(=O)=O. The van der Waals surface area contributed by atoms with Crippen molar-refractivity contribution < 1.29 is 13.2 Å². The number of benzene rings is 1. The van der Waals surface area contributed by atoms with Crippen molar-refractivity contribution in [3.8, 4) is 0 Å². The van der Waals surface area contributed by atoms with Crippen molar-refractivity contribution in [1.29, 1.82) is 0 Å². The smallest absolute Gasteiger partial charge is 0.235 e. The summed E-state index contributed by atoms with van der Waals surface area (Å²) in [4.78, 5) is 11.8. The van der Waals surface area contributed by atoms with Crippen LogP contribution in [-0.2, 0) is 14.8 Å². The lowest BCUT2D eigenvalue weighted by Crippen LogP contribution is -2.39. The second kappa shape index (κ2) is 6.12. The molecule has 2 atom stereocenters. The lowest BCUT2D eigenvalue weighted by atomic mass is 10.1. The van der Waals surface area contributed by atoms with Gasteiger partial charge in [-0.3, -0.25) is 4.79 Å². The van der Waals surface area contributed by atoms with E-state index in [1.165, 1.54) is 7.05 Å². The van der Waals surface area contributed by atoms with E-state index >= 15 is 0 Å². The molecule has 1 N–H and O–H groups in total. The molecule has 5 nitrogen and oxygen atoms in total. The molecule has 0 unspecified atom stereocenters. The summed E-state index contributed by atoms with van der Waals surface area (Å²) >= 11 is 12.0. The number of rotatable bonds is 5. The third kappa shape index (κ3) is 4.32. The highest BCUT2D eigenvalue weighted by Crippen LogP contribution is 2.44. The number of amides is 1. The summed E-state index contributed by atoms with van der Waals surface area (Å²) in [6.45, 7) is -0.184. The third-order valence-corrected chi connectivity index (χ3v) is 5.26. The van der Waals surface area contributed by atoms with Crippen molar-refractivity contribution in [2.24, 2.45) is 0 Å². The molecule has 0 saturated heterocycles. The topological polar surface area (TPSA) is 66.5 Å². The first-order chi connectivity index (χ1) is 9.68. The second-order valence-corrected chi connectivity index (χ2v) is 8.13. The van der Waals surface area contributed by atoms with Gasteiger partial charge in [-0.15, -0.1) is 0 Å². The van der Waals surface area contributed by atoms with Gasteiger partial charge in [-0.1, -0.05) is 29.3 Å². The quantitative estimate of drug-likeness (QED) is 0.881. The number of likely N-dealkylation sites (N-methyl/N-ethyl adjacent to an activating group) is 1. The Morgan fingerprint density at radius 3 is 2.67 bits per heavy atom. The molecule has 0 radical (unpaired) electrons. The van der Waals surface area contributed by atoms with Crippen LogP contribution in [0.3, 0.4) is 0 Å². The third-order valence-electron chi connectivity index (χ3n) is 3.43. The van der Waals surface area contributed by atoms with Gasteiger partial charge in [-0.2, -0.15) is 4.31 Å². The van der Waals surface area contributed by atoms with E-state index in [1.807, 2.05) is 6.07 Å². The maximum absolute atomic E-state index is 11.8. The fourth-order valence-electron chi connectivity index (χ4n) is 2.07. The highest BCUT2D eigenvalue weighted by Gasteiger charge is 2.40. The van der Waals surface area contributed by atoms with E-state index in [0.29, 0.717) is 10.0 Å². The van der Waals surface area contributed by atoms with Gasteiger partial charge in [0.05, 0.1) is 12.8 Å². The number of carbonyl (C=O) groups is 1. The molecule has 1 aliphatic rings. The van der Waals surface area contributed by atoms with Gasteiger partial charge < -0.3 is 5.32 Å². The van der Waals surface area contributed by atoms with Crippen LogP contribution in [0.2, 0.25) is 10.0 Å². The molecule has 21 heavy (non-hydrogen) atoms. The Kier molecular flexibility index (Phi) is 4.82. The monoisotopic (exact) mass is 350 g/mol. The summed E-state index contributed by atoms with van der Waals surface area (Å²) in [7, 11) is -1.98. The Morgan fingerprint density at radius 1 is 1.43 bits per heavy atom. The zero-order valence-corrected chi connectivity index (χ0v) is 14.0. The maximum Gasteiger partial charge on any atom is 0.235 e. The van der Waals surface area contributed by atoms with E-state index in [4.69, 9.17) is 23.2 Å². The van der Waals surface area contributed by atoms with Gasteiger partial charge in [0.15, 0.2) is 0 Å². The molecule has 1 aromatic rings. The number of sulfonamides is 1. The molecule has 116 valence electrons. The molecule has 1 saturated carbocycles. The minimum atomic E-state index is -3.35. The minimum absolute atomic E-state index is 0.0101. The predicted molar refractivity (Wildman–Crippen MR) is 83.2 cm³/mol. The van der Waals surface area contributed by atoms with Crippen LogP contribution in [0.25, 0.3) is 0 Å². The zero-order chi connectivity index (χ0) is 15.8. The van der Waals surface area contributed by atoms with Crippen molar-refractivity contribution in [2.75, 3.05) is 19.8 Å². The zero-order valence-electron chi connectivity index (χ0n) is 11.6. The summed E-state index contributed by atoms with van der Waals surface area (Å²) < 4.78 is 23.5. The number of halogens is 2. The lowest BCUT2D eigenvalue weighted by molar-refractivity contribution is -0.121. The van der Waals surface area contributed by atoms with Crippen LogP contribution in [0.5, 0.6) is 0 Å². The van der Waals surface area contributed by atoms with Gasteiger partial charge in [0, 0.05) is 29.1 Å². The van der Waals surface area contributed by atoms with Gasteiger partial charge in [0.1, 0.15) is 0 Å². The fraction of sp³-hybridized carbons (Fsp3) is 0.462. The van der Waals surface area contributed by atoms with Crippen LogP contribution in [0.1, 0.15) is 17.9 Å². The summed E-state index contributed by atoms with van der Waals surface area (Å²) in [5.41, 5.74) is 0.947. The van der Waals surface area contributed by atoms with Crippen molar-refractivity contribution >= 4 is 39.1 Å². The molecule has 0 heterocycles. The van der Waals surface area contributed by atoms with Gasteiger partial charge in [0.2, 0.25) is 15.9 Å². The predicted octanol–water partition coefficient (Wildman–Crippen LogP) is 1.86. The summed E-state index contributed by atoms with van der Waals surface area (Å²) in [5, 5.41) is 3.96. The number of hydrogen-bond acceptors (Lipinski definition) is 3. The first kappa shape index (κ1) is 16.5. The Morgan fingerprint density at radius 2 is 2.10 bits per heavy atom. The molecular formula is C13H16Cl2N2O3S. The molecule has 1 fully saturated rings. The minimum Gasteiger partial charge on any atom is -0.352 e. The Labute approximate surface area is 134 Å². The van der Waals surface area contributed by atoms with Crippen molar-refractivity contribution in [3.05, 3.63) is 33.8 Å². The number of carbonyl (C=O) groups excluding carboxylic acids is 1. The van der Waals surface area contributed by atoms with Gasteiger partial charge in [-0.25, -0.2) is 8.42 Å². The number of nitrogens with one attached hydrogen (secondary N) is 1.